The van der Waals surface area contributed by atoms with Gasteiger partial charge in [-0.05, 0) is 23.8 Å². The zero-order valence-electron chi connectivity index (χ0n) is 20.9. The molecule has 38 heavy (non-hydrogen) atoms. The average Bonchev–Trinajstić information content (AvgIpc) is 3.31. The van der Waals surface area contributed by atoms with E-state index in [-0.39, 0.29) is 35.9 Å². The van der Waals surface area contributed by atoms with E-state index in [9.17, 15) is 24.5 Å². The van der Waals surface area contributed by atoms with E-state index in [4.69, 9.17) is 9.47 Å². The Labute approximate surface area is 221 Å². The number of nitro groups is 1. The van der Waals surface area contributed by atoms with Crippen molar-refractivity contribution in [3.63, 3.8) is 0 Å². The van der Waals surface area contributed by atoms with Gasteiger partial charge in [-0.3, -0.25) is 19.5 Å². The van der Waals surface area contributed by atoms with E-state index in [2.05, 4.69) is 0 Å². The summed E-state index contributed by atoms with van der Waals surface area (Å²) >= 11 is 1.38. The van der Waals surface area contributed by atoms with E-state index in [0.717, 1.165) is 15.7 Å². The molecule has 2 aromatic carbocycles. The fourth-order valence-corrected chi connectivity index (χ4v) is 4.65. The van der Waals surface area contributed by atoms with E-state index >= 15 is 0 Å². The van der Waals surface area contributed by atoms with Crippen LogP contribution in [-0.4, -0.2) is 38.0 Å². The van der Waals surface area contributed by atoms with Gasteiger partial charge < -0.3 is 14.0 Å². The maximum atomic E-state index is 13.6. The van der Waals surface area contributed by atoms with Crippen molar-refractivity contribution < 1.29 is 19.2 Å². The highest BCUT2D eigenvalue weighted by Gasteiger charge is 2.24. The number of benzene rings is 2. The number of carbonyl (C=O) groups is 1. The Kier molecular flexibility index (Phi) is 8.44. The number of thioether (sulfide) groups is 1. The Bertz CT molecular complexity index is 1570. The van der Waals surface area contributed by atoms with Gasteiger partial charge in [0.1, 0.15) is 12.4 Å². The van der Waals surface area contributed by atoms with Crippen LogP contribution in [-0.2, 0) is 41.7 Å². The van der Waals surface area contributed by atoms with Crippen molar-refractivity contribution in [3.8, 4) is 0 Å². The molecule has 0 aliphatic heterocycles. The molecule has 0 atom stereocenters. The molecule has 0 unspecified atom stereocenters. The number of esters is 1. The highest BCUT2D eigenvalue weighted by molar-refractivity contribution is 7.97. The number of carbonyl (C=O) groups excluding carboxylic acids is 1. The first kappa shape index (κ1) is 26.9. The molecule has 198 valence electrons. The van der Waals surface area contributed by atoms with Gasteiger partial charge in [0.25, 0.3) is 11.2 Å². The van der Waals surface area contributed by atoms with Crippen LogP contribution in [0.5, 0.6) is 0 Å². The Morgan fingerprint density at radius 3 is 2.37 bits per heavy atom. The van der Waals surface area contributed by atoms with Gasteiger partial charge in [-0.1, -0.05) is 42.5 Å². The molecule has 0 bridgehead atoms. The van der Waals surface area contributed by atoms with Crippen LogP contribution in [0, 0.1) is 10.1 Å². The summed E-state index contributed by atoms with van der Waals surface area (Å²) in [6.45, 7) is 0.228. The van der Waals surface area contributed by atoms with Crippen LogP contribution in [0.2, 0.25) is 0 Å². The smallest absolute Gasteiger partial charge is 0.340 e. The maximum absolute atomic E-state index is 13.6. The molecule has 0 N–H and O–H groups in total. The Balaban J connectivity index is 1.75. The molecular formula is C26H26N4O7S. The molecule has 2 aromatic heterocycles. The fraction of sp³-hybridized carbons (Fsp3) is 0.269. The molecule has 0 fully saturated rings. The van der Waals surface area contributed by atoms with Gasteiger partial charge in [-0.2, -0.15) is 0 Å². The lowest BCUT2D eigenvalue weighted by Gasteiger charge is -2.14. The van der Waals surface area contributed by atoms with Crippen LogP contribution >= 0.6 is 11.8 Å². The number of hydrogen-bond acceptors (Lipinski definition) is 8. The first-order valence-electron chi connectivity index (χ1n) is 11.6. The molecule has 2 heterocycles. The summed E-state index contributed by atoms with van der Waals surface area (Å²) in [4.78, 5) is 50.1. The number of rotatable bonds is 11. The lowest BCUT2D eigenvalue weighted by molar-refractivity contribution is -0.384. The Morgan fingerprint density at radius 2 is 1.74 bits per heavy atom. The number of aromatic nitrogens is 3. The van der Waals surface area contributed by atoms with Crippen molar-refractivity contribution in [2.75, 3.05) is 13.4 Å². The number of fused-ring (bicyclic) bond motifs is 1. The molecule has 0 spiro atoms. The second-order valence-corrected chi connectivity index (χ2v) is 9.26. The van der Waals surface area contributed by atoms with Crippen LogP contribution in [0.25, 0.3) is 11.0 Å². The van der Waals surface area contributed by atoms with E-state index in [1.807, 2.05) is 36.6 Å². The standard InChI is InChI=1S/C26H26N4O7S/c1-36-25(32)21-14-27(13-12-18-8-10-20(11-9-18)30(34)35)23-22(21)24(31)28(26(33)29(23)17-38-2)16-37-15-19-6-4-3-5-7-19/h3-11,14H,12-13,15-17H2,1-2H3. The molecule has 4 rings (SSSR count). The summed E-state index contributed by atoms with van der Waals surface area (Å²) in [6.07, 6.45) is 3.78. The van der Waals surface area contributed by atoms with Crippen LogP contribution in [0.4, 0.5) is 5.69 Å². The molecule has 12 heteroatoms. The van der Waals surface area contributed by atoms with Gasteiger partial charge in [-0.25, -0.2) is 14.2 Å². The highest BCUT2D eigenvalue weighted by atomic mass is 32.2. The average molecular weight is 539 g/mol. The maximum Gasteiger partial charge on any atom is 0.340 e. The van der Waals surface area contributed by atoms with Crippen molar-refractivity contribution in [1.82, 2.24) is 13.7 Å². The molecule has 11 nitrogen and oxygen atoms in total. The van der Waals surface area contributed by atoms with Gasteiger partial charge in [-0.15, -0.1) is 11.8 Å². The summed E-state index contributed by atoms with van der Waals surface area (Å²) in [5, 5.41) is 11.0. The van der Waals surface area contributed by atoms with Crippen LogP contribution in [0.1, 0.15) is 21.5 Å². The summed E-state index contributed by atoms with van der Waals surface area (Å²) in [5.41, 5.74) is 0.828. The molecule has 0 saturated heterocycles. The predicted molar refractivity (Wildman–Crippen MR) is 143 cm³/mol. The third-order valence-corrected chi connectivity index (χ3v) is 6.53. The summed E-state index contributed by atoms with van der Waals surface area (Å²) in [5.74, 6) is -0.469. The largest absolute Gasteiger partial charge is 0.465 e. The van der Waals surface area contributed by atoms with E-state index < -0.39 is 22.1 Å². The third kappa shape index (κ3) is 5.55. The number of ether oxygens (including phenoxy) is 2. The SMILES string of the molecule is COC(=O)c1cn(CCc2ccc([N+](=O)[O-])cc2)c2c1c(=O)n(COCc1ccccc1)c(=O)n2CSC. The third-order valence-electron chi connectivity index (χ3n) is 6.01. The first-order chi connectivity index (χ1) is 18.3. The lowest BCUT2D eigenvalue weighted by Crippen LogP contribution is -2.41. The normalized spacial score (nSPS) is 11.1. The van der Waals surface area contributed by atoms with Gasteiger partial charge in [0.05, 0.1) is 35.5 Å². The van der Waals surface area contributed by atoms with E-state index in [0.29, 0.717) is 18.6 Å². The van der Waals surface area contributed by atoms with Crippen molar-refractivity contribution in [1.29, 1.82) is 0 Å². The predicted octanol–water partition coefficient (Wildman–Crippen LogP) is 3.40. The second kappa shape index (κ2) is 11.9. The van der Waals surface area contributed by atoms with Crippen molar-refractivity contribution >= 4 is 34.5 Å². The number of nitrogens with zero attached hydrogens (tertiary/aromatic N) is 4. The van der Waals surface area contributed by atoms with Gasteiger partial charge >= 0.3 is 11.7 Å². The molecular weight excluding hydrogens is 512 g/mol. The molecule has 0 radical (unpaired) electrons. The Morgan fingerprint density at radius 1 is 1.03 bits per heavy atom. The molecule has 0 aliphatic rings. The molecule has 0 aliphatic carbocycles. The van der Waals surface area contributed by atoms with E-state index in [1.54, 1.807) is 16.7 Å². The summed E-state index contributed by atoms with van der Waals surface area (Å²) in [6, 6.07) is 15.5. The zero-order chi connectivity index (χ0) is 27.2. The minimum Gasteiger partial charge on any atom is -0.465 e. The number of non-ortho nitro benzene ring substituents is 1. The number of aryl methyl sites for hydroxylation is 2. The second-order valence-electron chi connectivity index (χ2n) is 8.42. The van der Waals surface area contributed by atoms with E-state index in [1.165, 1.54) is 41.8 Å². The van der Waals surface area contributed by atoms with Crippen LogP contribution in [0.15, 0.2) is 70.4 Å². The lowest BCUT2D eigenvalue weighted by atomic mass is 10.1. The van der Waals surface area contributed by atoms with Gasteiger partial charge in [0.2, 0.25) is 0 Å². The van der Waals surface area contributed by atoms with Gasteiger partial charge in [0.15, 0.2) is 0 Å². The van der Waals surface area contributed by atoms with Crippen molar-refractivity contribution in [2.45, 2.75) is 32.2 Å². The Hall–Kier alpha value is -4.16. The molecule has 0 amide bonds. The van der Waals surface area contributed by atoms with Crippen molar-refractivity contribution in [3.05, 3.63) is 108 Å². The summed E-state index contributed by atoms with van der Waals surface area (Å²) in [7, 11) is 1.22. The topological polar surface area (TPSA) is 128 Å². The minimum absolute atomic E-state index is 0.0167. The molecule has 0 saturated carbocycles. The van der Waals surface area contributed by atoms with Crippen LogP contribution in [0.3, 0.4) is 0 Å². The zero-order valence-corrected chi connectivity index (χ0v) is 21.7. The minimum atomic E-state index is -0.702. The molecule has 4 aromatic rings. The van der Waals surface area contributed by atoms with Crippen LogP contribution < -0.4 is 11.2 Å². The fourth-order valence-electron chi connectivity index (χ4n) is 4.16. The highest BCUT2D eigenvalue weighted by Crippen LogP contribution is 2.21. The monoisotopic (exact) mass is 538 g/mol. The summed E-state index contributed by atoms with van der Waals surface area (Å²) < 4.78 is 14.7. The number of hydrogen-bond donors (Lipinski definition) is 0. The number of nitro benzene ring substituents is 1. The van der Waals surface area contributed by atoms with Crippen molar-refractivity contribution in [2.24, 2.45) is 0 Å². The van der Waals surface area contributed by atoms with Gasteiger partial charge in [0, 0.05) is 24.9 Å². The quantitative estimate of drug-likeness (QED) is 0.162. The first-order valence-corrected chi connectivity index (χ1v) is 13.0. The number of methoxy groups -OCH3 is 1.